The van der Waals surface area contributed by atoms with E-state index in [4.69, 9.17) is 23.2 Å². The normalized spacial score (nSPS) is 12.3. The molecule has 0 saturated carbocycles. The van der Waals surface area contributed by atoms with Crippen LogP contribution in [-0.4, -0.2) is 23.0 Å². The summed E-state index contributed by atoms with van der Waals surface area (Å²) in [6, 6.07) is 24.1. The summed E-state index contributed by atoms with van der Waals surface area (Å²) in [5.74, 6) is -1.70. The second-order valence-electron chi connectivity index (χ2n) is 9.32. The van der Waals surface area contributed by atoms with Crippen LogP contribution in [0.4, 0.5) is 24.5 Å². The molecule has 0 radical (unpaired) electrons. The van der Waals surface area contributed by atoms with Gasteiger partial charge in [-0.05, 0) is 73.7 Å². The van der Waals surface area contributed by atoms with Crippen LogP contribution in [0.15, 0.2) is 108 Å². The summed E-state index contributed by atoms with van der Waals surface area (Å²) in [7, 11) is 0. The number of rotatable bonds is 9. The summed E-state index contributed by atoms with van der Waals surface area (Å²) in [6.07, 6.45) is -3.16. The fourth-order valence-corrected chi connectivity index (χ4v) is 5.29. The Hall–Kier alpha value is -4.25. The fourth-order valence-electron chi connectivity index (χ4n) is 3.86. The Morgan fingerprint density at radius 3 is 2.07 bits per heavy atom. The van der Waals surface area contributed by atoms with Crippen LogP contribution in [0.5, 0.6) is 0 Å². The molecule has 0 aliphatic rings. The number of nitrogens with one attached hydrogen (secondary N) is 3. The molecular formula is C32H24Cl2F3N3O3S. The molecule has 0 saturated heterocycles. The van der Waals surface area contributed by atoms with Crippen LogP contribution in [0, 0.1) is 0 Å². The van der Waals surface area contributed by atoms with E-state index in [1.165, 1.54) is 18.2 Å². The lowest BCUT2D eigenvalue weighted by atomic mass is 10.1. The molecule has 0 spiro atoms. The lowest BCUT2D eigenvalue weighted by Gasteiger charge is -2.15. The summed E-state index contributed by atoms with van der Waals surface area (Å²) in [6.45, 7) is 1.60. The minimum atomic E-state index is -4.54. The number of hydrogen-bond donors (Lipinski definition) is 3. The van der Waals surface area contributed by atoms with E-state index in [-0.39, 0.29) is 21.4 Å². The van der Waals surface area contributed by atoms with Gasteiger partial charge in [0.1, 0.15) is 5.70 Å². The van der Waals surface area contributed by atoms with Crippen LogP contribution in [0.3, 0.4) is 0 Å². The molecule has 44 heavy (non-hydrogen) atoms. The van der Waals surface area contributed by atoms with Crippen molar-refractivity contribution in [3.63, 3.8) is 0 Å². The first kappa shape index (κ1) is 32.7. The summed E-state index contributed by atoms with van der Waals surface area (Å²) < 4.78 is 39.1. The summed E-state index contributed by atoms with van der Waals surface area (Å²) in [5.41, 5.74) is 0.0425. The minimum Gasteiger partial charge on any atom is -0.325 e. The van der Waals surface area contributed by atoms with Crippen molar-refractivity contribution in [1.29, 1.82) is 0 Å². The van der Waals surface area contributed by atoms with Crippen molar-refractivity contribution in [1.82, 2.24) is 5.32 Å². The van der Waals surface area contributed by atoms with E-state index in [2.05, 4.69) is 16.0 Å². The maximum absolute atomic E-state index is 13.4. The summed E-state index contributed by atoms with van der Waals surface area (Å²) >= 11 is 13.8. The third kappa shape index (κ3) is 8.89. The van der Waals surface area contributed by atoms with Gasteiger partial charge in [0.2, 0.25) is 5.91 Å². The molecule has 12 heteroatoms. The van der Waals surface area contributed by atoms with Gasteiger partial charge in [0.15, 0.2) is 0 Å². The molecule has 6 nitrogen and oxygen atoms in total. The molecule has 0 aliphatic carbocycles. The molecule has 226 valence electrons. The number of halogens is 5. The van der Waals surface area contributed by atoms with E-state index in [1.807, 2.05) is 0 Å². The monoisotopic (exact) mass is 657 g/mol. The number of carbonyl (C=O) groups is 3. The van der Waals surface area contributed by atoms with Gasteiger partial charge >= 0.3 is 6.18 Å². The first-order valence-electron chi connectivity index (χ1n) is 13.0. The number of thioether (sulfide) groups is 1. The van der Waals surface area contributed by atoms with Crippen LogP contribution in [0.25, 0.3) is 6.08 Å². The van der Waals surface area contributed by atoms with Gasteiger partial charge < -0.3 is 16.0 Å². The number of amides is 3. The van der Waals surface area contributed by atoms with Gasteiger partial charge in [-0.1, -0.05) is 59.6 Å². The smallest absolute Gasteiger partial charge is 0.325 e. The number of hydrogen-bond acceptors (Lipinski definition) is 4. The molecule has 0 aromatic heterocycles. The van der Waals surface area contributed by atoms with E-state index in [1.54, 1.807) is 79.7 Å². The molecule has 0 bridgehead atoms. The number of carbonyl (C=O) groups excluding carboxylic acids is 3. The molecule has 0 aliphatic heterocycles. The molecule has 4 aromatic carbocycles. The molecule has 3 N–H and O–H groups in total. The Balaban J connectivity index is 1.50. The van der Waals surface area contributed by atoms with Gasteiger partial charge in [0, 0.05) is 37.4 Å². The fraction of sp³-hybridized carbons (Fsp3) is 0.0938. The lowest BCUT2D eigenvalue weighted by Crippen LogP contribution is -2.30. The Morgan fingerprint density at radius 1 is 0.795 bits per heavy atom. The molecular weight excluding hydrogens is 634 g/mol. The number of anilines is 2. The highest BCUT2D eigenvalue weighted by Gasteiger charge is 2.30. The van der Waals surface area contributed by atoms with Gasteiger partial charge in [-0.2, -0.15) is 13.2 Å². The van der Waals surface area contributed by atoms with Crippen LogP contribution in [-0.2, 0) is 15.8 Å². The third-order valence-electron chi connectivity index (χ3n) is 6.05. The Labute approximate surface area is 265 Å². The predicted octanol–water partition coefficient (Wildman–Crippen LogP) is 8.54. The van der Waals surface area contributed by atoms with Crippen LogP contribution in [0.2, 0.25) is 10.0 Å². The van der Waals surface area contributed by atoms with Gasteiger partial charge in [0.25, 0.3) is 11.8 Å². The topological polar surface area (TPSA) is 87.3 Å². The van der Waals surface area contributed by atoms with E-state index in [0.29, 0.717) is 21.7 Å². The molecule has 1 unspecified atom stereocenters. The molecule has 4 aromatic rings. The zero-order valence-electron chi connectivity index (χ0n) is 22.9. The maximum Gasteiger partial charge on any atom is 0.416 e. The Kier molecular flexibility index (Phi) is 10.7. The van der Waals surface area contributed by atoms with E-state index in [9.17, 15) is 27.6 Å². The standard InChI is InChI=1S/C32H24Cl2F3N3O3S/c1-19(29(41)38-22-11-5-10-21(16-22)32(35,36)37)44-24-13-6-12-23(17-24)39-31(43)28(18-25-26(33)14-7-15-27(25)34)40-30(42)20-8-3-2-4-9-20/h2-19H,1H3,(H,38,41)(H,39,43)(H,40,42)/b28-18+. The first-order chi connectivity index (χ1) is 20.9. The molecule has 0 heterocycles. The van der Waals surface area contributed by atoms with E-state index >= 15 is 0 Å². The minimum absolute atomic E-state index is 0.0220. The number of alkyl halides is 3. The van der Waals surface area contributed by atoms with Crippen molar-refractivity contribution in [2.45, 2.75) is 23.2 Å². The highest BCUT2D eigenvalue weighted by atomic mass is 35.5. The highest BCUT2D eigenvalue weighted by Crippen LogP contribution is 2.32. The van der Waals surface area contributed by atoms with Crippen LogP contribution >= 0.6 is 35.0 Å². The molecule has 0 fully saturated rings. The van der Waals surface area contributed by atoms with Crippen molar-refractivity contribution in [2.75, 3.05) is 10.6 Å². The van der Waals surface area contributed by atoms with Crippen molar-refractivity contribution in [3.05, 3.63) is 129 Å². The average Bonchev–Trinajstić information content (AvgIpc) is 2.98. The van der Waals surface area contributed by atoms with Gasteiger partial charge in [-0.15, -0.1) is 11.8 Å². The summed E-state index contributed by atoms with van der Waals surface area (Å²) in [4.78, 5) is 39.7. The lowest BCUT2D eigenvalue weighted by molar-refractivity contribution is -0.137. The zero-order chi connectivity index (χ0) is 31.9. The van der Waals surface area contributed by atoms with Gasteiger partial charge in [-0.25, -0.2) is 0 Å². The predicted molar refractivity (Wildman–Crippen MR) is 169 cm³/mol. The third-order valence-corrected chi connectivity index (χ3v) is 7.80. The van der Waals surface area contributed by atoms with Crippen molar-refractivity contribution >= 4 is 70.1 Å². The largest absolute Gasteiger partial charge is 0.416 e. The van der Waals surface area contributed by atoms with Crippen LogP contribution < -0.4 is 16.0 Å². The highest BCUT2D eigenvalue weighted by molar-refractivity contribution is 8.00. The quantitative estimate of drug-likeness (QED) is 0.124. The van der Waals surface area contributed by atoms with E-state index in [0.717, 1.165) is 23.9 Å². The Morgan fingerprint density at radius 2 is 1.41 bits per heavy atom. The van der Waals surface area contributed by atoms with Gasteiger partial charge in [0.05, 0.1) is 10.8 Å². The van der Waals surface area contributed by atoms with Crippen molar-refractivity contribution < 1.29 is 27.6 Å². The van der Waals surface area contributed by atoms with Gasteiger partial charge in [-0.3, -0.25) is 14.4 Å². The van der Waals surface area contributed by atoms with Crippen molar-refractivity contribution in [3.8, 4) is 0 Å². The van der Waals surface area contributed by atoms with Crippen LogP contribution in [0.1, 0.15) is 28.4 Å². The second-order valence-corrected chi connectivity index (χ2v) is 11.6. The molecule has 3 amide bonds. The Bertz CT molecular complexity index is 1700. The molecule has 1 atom stereocenters. The SMILES string of the molecule is CC(Sc1cccc(NC(=O)/C(=C\c2c(Cl)cccc2Cl)NC(=O)c2ccccc2)c1)C(=O)Nc1cccc(C(F)(F)F)c1. The second kappa shape index (κ2) is 14.5. The first-order valence-corrected chi connectivity index (χ1v) is 14.6. The maximum atomic E-state index is 13.4. The molecule has 4 rings (SSSR count). The van der Waals surface area contributed by atoms with E-state index < -0.39 is 34.7 Å². The summed E-state index contributed by atoms with van der Waals surface area (Å²) in [5, 5.41) is 7.70. The zero-order valence-corrected chi connectivity index (χ0v) is 25.2. The number of benzene rings is 4. The van der Waals surface area contributed by atoms with Crippen molar-refractivity contribution in [2.24, 2.45) is 0 Å². The average molecular weight is 659 g/mol.